The summed E-state index contributed by atoms with van der Waals surface area (Å²) in [6, 6.07) is 12.3. The lowest BCUT2D eigenvalue weighted by molar-refractivity contribution is -0.142. The summed E-state index contributed by atoms with van der Waals surface area (Å²) in [6.07, 6.45) is 0. The molecule has 2 aromatic carbocycles. The predicted octanol–water partition coefficient (Wildman–Crippen LogP) is 3.89. The van der Waals surface area contributed by atoms with Crippen LogP contribution in [0.1, 0.15) is 12.5 Å². The summed E-state index contributed by atoms with van der Waals surface area (Å²) in [5.74, 6) is -1.61. The molecule has 0 aromatic heterocycles. The molecule has 0 bridgehead atoms. The molecule has 0 spiro atoms. The molecule has 0 aliphatic rings. The van der Waals surface area contributed by atoms with E-state index in [-0.39, 0.29) is 0 Å². The van der Waals surface area contributed by atoms with Crippen LogP contribution in [0.15, 0.2) is 48.5 Å². The minimum absolute atomic E-state index is 0.310. The molecule has 0 aliphatic heterocycles. The van der Waals surface area contributed by atoms with Crippen molar-refractivity contribution in [2.75, 3.05) is 5.32 Å². The van der Waals surface area contributed by atoms with Crippen molar-refractivity contribution in [3.05, 3.63) is 64.9 Å². The van der Waals surface area contributed by atoms with Crippen molar-refractivity contribution >= 4 is 23.3 Å². The van der Waals surface area contributed by atoms with Crippen molar-refractivity contribution in [2.45, 2.75) is 12.5 Å². The number of benzene rings is 2. The second kappa shape index (κ2) is 5.51. The molecule has 1 unspecified atom stereocenters. The van der Waals surface area contributed by atoms with Crippen LogP contribution >= 0.6 is 11.6 Å². The molecule has 20 heavy (non-hydrogen) atoms. The van der Waals surface area contributed by atoms with Crippen LogP contribution in [0.25, 0.3) is 0 Å². The third-order valence-electron chi connectivity index (χ3n) is 3.09. The quantitative estimate of drug-likeness (QED) is 0.899. The SMILES string of the molecule is CC(Nc1ccccc1Cl)(C(=O)O)c1cccc(F)c1. The standard InChI is InChI=1S/C15H13ClFNO2/c1-15(14(19)20,10-5-4-6-11(17)9-10)18-13-8-3-2-7-12(13)16/h2-9,18H,1H3,(H,19,20). The van der Waals surface area contributed by atoms with Gasteiger partial charge >= 0.3 is 5.97 Å². The number of para-hydroxylation sites is 1. The van der Waals surface area contributed by atoms with Crippen LogP contribution in [-0.2, 0) is 10.3 Å². The van der Waals surface area contributed by atoms with E-state index in [1.165, 1.54) is 25.1 Å². The summed E-state index contributed by atoms with van der Waals surface area (Å²) in [7, 11) is 0. The van der Waals surface area contributed by atoms with E-state index in [4.69, 9.17) is 11.6 Å². The molecule has 2 rings (SSSR count). The summed E-state index contributed by atoms with van der Waals surface area (Å²) < 4.78 is 13.3. The summed E-state index contributed by atoms with van der Waals surface area (Å²) >= 11 is 6.02. The molecule has 0 saturated heterocycles. The van der Waals surface area contributed by atoms with Crippen molar-refractivity contribution in [1.29, 1.82) is 0 Å². The van der Waals surface area contributed by atoms with Crippen molar-refractivity contribution in [3.8, 4) is 0 Å². The Morgan fingerprint density at radius 2 is 1.95 bits per heavy atom. The number of hydrogen-bond donors (Lipinski definition) is 2. The summed E-state index contributed by atoms with van der Waals surface area (Å²) in [6.45, 7) is 1.47. The third-order valence-corrected chi connectivity index (χ3v) is 3.42. The zero-order chi connectivity index (χ0) is 14.8. The molecule has 2 N–H and O–H groups in total. The molecule has 2 aromatic rings. The highest BCUT2D eigenvalue weighted by atomic mass is 35.5. The Morgan fingerprint density at radius 3 is 2.55 bits per heavy atom. The first kappa shape index (κ1) is 14.3. The molecular weight excluding hydrogens is 281 g/mol. The van der Waals surface area contributed by atoms with E-state index in [9.17, 15) is 14.3 Å². The number of carbonyl (C=O) groups is 1. The lowest BCUT2D eigenvalue weighted by Gasteiger charge is -2.28. The van der Waals surface area contributed by atoms with Gasteiger partial charge in [-0.3, -0.25) is 0 Å². The Kier molecular flexibility index (Phi) is 3.95. The number of anilines is 1. The van der Waals surface area contributed by atoms with Crippen LogP contribution in [0.5, 0.6) is 0 Å². The van der Waals surface area contributed by atoms with Crippen LogP contribution in [0.2, 0.25) is 5.02 Å². The van der Waals surface area contributed by atoms with E-state index in [0.717, 1.165) is 0 Å². The zero-order valence-electron chi connectivity index (χ0n) is 10.7. The van der Waals surface area contributed by atoms with Gasteiger partial charge in [-0.15, -0.1) is 0 Å². The van der Waals surface area contributed by atoms with Gasteiger partial charge in [0.25, 0.3) is 0 Å². The molecule has 0 fully saturated rings. The fourth-order valence-corrected chi connectivity index (χ4v) is 2.06. The molecule has 104 valence electrons. The minimum atomic E-state index is -1.48. The fourth-order valence-electron chi connectivity index (χ4n) is 1.88. The van der Waals surface area contributed by atoms with Crippen LogP contribution in [-0.4, -0.2) is 11.1 Å². The van der Waals surface area contributed by atoms with Gasteiger partial charge in [0.15, 0.2) is 5.54 Å². The van der Waals surface area contributed by atoms with E-state index in [1.807, 2.05) is 0 Å². The number of aliphatic carboxylic acids is 1. The first-order chi connectivity index (χ1) is 9.43. The molecule has 0 radical (unpaired) electrons. The Labute approximate surface area is 121 Å². The second-order valence-corrected chi connectivity index (χ2v) is 4.95. The molecule has 5 heteroatoms. The Morgan fingerprint density at radius 1 is 1.25 bits per heavy atom. The van der Waals surface area contributed by atoms with Gasteiger partial charge in [-0.1, -0.05) is 35.9 Å². The van der Waals surface area contributed by atoms with Crippen LogP contribution in [0.4, 0.5) is 10.1 Å². The van der Waals surface area contributed by atoms with Gasteiger partial charge in [0.1, 0.15) is 5.82 Å². The largest absolute Gasteiger partial charge is 0.479 e. The highest BCUT2D eigenvalue weighted by Gasteiger charge is 2.35. The second-order valence-electron chi connectivity index (χ2n) is 4.55. The zero-order valence-corrected chi connectivity index (χ0v) is 11.5. The number of rotatable bonds is 4. The van der Waals surface area contributed by atoms with Crippen molar-refractivity contribution in [1.82, 2.24) is 0 Å². The predicted molar refractivity (Wildman–Crippen MR) is 76.5 cm³/mol. The number of hydrogen-bond acceptors (Lipinski definition) is 2. The van der Waals surface area contributed by atoms with Gasteiger partial charge in [0.05, 0.1) is 10.7 Å². The molecular formula is C15H13ClFNO2. The van der Waals surface area contributed by atoms with Crippen molar-refractivity contribution < 1.29 is 14.3 Å². The van der Waals surface area contributed by atoms with Crippen LogP contribution in [0, 0.1) is 5.82 Å². The summed E-state index contributed by atoms with van der Waals surface area (Å²) in [4.78, 5) is 11.6. The van der Waals surface area contributed by atoms with Crippen molar-refractivity contribution in [3.63, 3.8) is 0 Å². The minimum Gasteiger partial charge on any atom is -0.479 e. The van der Waals surface area contributed by atoms with Crippen molar-refractivity contribution in [2.24, 2.45) is 0 Å². The van der Waals surface area contributed by atoms with Gasteiger partial charge in [-0.25, -0.2) is 9.18 Å². The maximum absolute atomic E-state index is 13.3. The number of carboxylic acids is 1. The first-order valence-corrected chi connectivity index (χ1v) is 6.33. The Hall–Kier alpha value is -2.07. The summed E-state index contributed by atoms with van der Waals surface area (Å²) in [5.41, 5.74) is -0.694. The molecule has 0 aliphatic carbocycles. The molecule has 0 amide bonds. The lowest BCUT2D eigenvalue weighted by Crippen LogP contribution is -2.40. The number of carboxylic acid groups (broad SMARTS) is 1. The highest BCUT2D eigenvalue weighted by molar-refractivity contribution is 6.33. The normalized spacial score (nSPS) is 13.6. The Bertz CT molecular complexity index is 647. The molecule has 0 saturated carbocycles. The number of nitrogens with one attached hydrogen (secondary N) is 1. The maximum Gasteiger partial charge on any atom is 0.333 e. The van der Waals surface area contributed by atoms with Gasteiger partial charge < -0.3 is 10.4 Å². The monoisotopic (exact) mass is 293 g/mol. The van der Waals surface area contributed by atoms with E-state index >= 15 is 0 Å². The lowest BCUT2D eigenvalue weighted by atomic mass is 9.91. The number of halogens is 2. The van der Waals surface area contributed by atoms with Gasteiger partial charge in [-0.2, -0.15) is 0 Å². The molecule has 3 nitrogen and oxygen atoms in total. The first-order valence-electron chi connectivity index (χ1n) is 5.95. The third kappa shape index (κ3) is 2.75. The Balaban J connectivity index is 2.46. The highest BCUT2D eigenvalue weighted by Crippen LogP contribution is 2.30. The topological polar surface area (TPSA) is 49.3 Å². The van der Waals surface area contributed by atoms with Crippen LogP contribution < -0.4 is 5.32 Å². The molecule has 1 atom stereocenters. The van der Waals surface area contributed by atoms with E-state index in [2.05, 4.69) is 5.32 Å². The van der Waals surface area contributed by atoms with E-state index in [1.54, 1.807) is 30.3 Å². The van der Waals surface area contributed by atoms with E-state index < -0.39 is 17.3 Å². The van der Waals surface area contributed by atoms with Gasteiger partial charge in [0.2, 0.25) is 0 Å². The van der Waals surface area contributed by atoms with E-state index in [0.29, 0.717) is 16.3 Å². The van der Waals surface area contributed by atoms with Gasteiger partial charge in [-0.05, 0) is 36.8 Å². The average molecular weight is 294 g/mol. The fraction of sp³-hybridized carbons (Fsp3) is 0.133. The summed E-state index contributed by atoms with van der Waals surface area (Å²) in [5, 5.41) is 12.8. The van der Waals surface area contributed by atoms with Gasteiger partial charge in [0, 0.05) is 0 Å². The average Bonchev–Trinajstić information content (AvgIpc) is 2.41. The van der Waals surface area contributed by atoms with Crippen LogP contribution in [0.3, 0.4) is 0 Å². The maximum atomic E-state index is 13.3. The molecule has 0 heterocycles. The smallest absolute Gasteiger partial charge is 0.333 e.